The third-order valence-electron chi connectivity index (χ3n) is 6.52. The van der Waals surface area contributed by atoms with E-state index in [2.05, 4.69) is 41.7 Å². The molecule has 1 atom stereocenters. The van der Waals surface area contributed by atoms with Gasteiger partial charge < -0.3 is 14.6 Å². The Morgan fingerprint density at radius 2 is 1.65 bits per heavy atom. The van der Waals surface area contributed by atoms with Gasteiger partial charge in [0.2, 0.25) is 0 Å². The van der Waals surface area contributed by atoms with Crippen molar-refractivity contribution in [1.82, 2.24) is 8.75 Å². The van der Waals surface area contributed by atoms with Crippen molar-refractivity contribution in [3.05, 3.63) is 94.6 Å². The number of nitrogens with zero attached hydrogens (tertiary/aromatic N) is 2. The van der Waals surface area contributed by atoms with E-state index >= 15 is 0 Å². The standard InChI is InChI=1S/C30H30N2O4S/c1-18(2)35-23-13-11-22(12-14-23)30(34)24(16-19-6-9-21(10-7-19)29(3,4)5)27(28(33)36-30)20-8-15-25-26(17-20)32-37-31-25/h6-15,17-18,34H,16H2,1-5H3. The molecule has 4 aromatic rings. The summed E-state index contributed by atoms with van der Waals surface area (Å²) >= 11 is 1.12. The third-order valence-corrected chi connectivity index (χ3v) is 7.07. The summed E-state index contributed by atoms with van der Waals surface area (Å²) in [6, 6.07) is 20.8. The number of esters is 1. The summed E-state index contributed by atoms with van der Waals surface area (Å²) in [5, 5.41) is 11.9. The predicted octanol–water partition coefficient (Wildman–Crippen LogP) is 6.17. The van der Waals surface area contributed by atoms with Gasteiger partial charge in [-0.05, 0) is 72.4 Å². The molecule has 0 aliphatic carbocycles. The molecule has 5 rings (SSSR count). The number of carbonyl (C=O) groups excluding carboxylic acids is 1. The molecule has 1 unspecified atom stereocenters. The minimum absolute atomic E-state index is 0.0199. The molecule has 1 aliphatic heterocycles. The fourth-order valence-electron chi connectivity index (χ4n) is 4.57. The number of ether oxygens (including phenoxy) is 2. The monoisotopic (exact) mass is 514 g/mol. The molecule has 0 radical (unpaired) electrons. The SMILES string of the molecule is CC(C)Oc1ccc(C2(O)OC(=O)C(c3ccc4nsnc4c3)=C2Cc2ccc(C(C)(C)C)cc2)cc1. The van der Waals surface area contributed by atoms with Crippen LogP contribution in [0.25, 0.3) is 16.6 Å². The molecule has 190 valence electrons. The van der Waals surface area contributed by atoms with Crippen molar-refractivity contribution in [3.63, 3.8) is 0 Å². The van der Waals surface area contributed by atoms with Crippen molar-refractivity contribution in [2.45, 2.75) is 58.3 Å². The Balaban J connectivity index is 1.62. The molecule has 6 nitrogen and oxygen atoms in total. The van der Waals surface area contributed by atoms with E-state index in [0.29, 0.717) is 40.0 Å². The normalized spacial score (nSPS) is 18.1. The second kappa shape index (κ2) is 9.39. The van der Waals surface area contributed by atoms with Gasteiger partial charge in [-0.1, -0.05) is 51.1 Å². The molecule has 2 heterocycles. The maximum absolute atomic E-state index is 13.3. The van der Waals surface area contributed by atoms with E-state index in [-0.39, 0.29) is 11.5 Å². The second-order valence-corrected chi connectivity index (χ2v) is 11.2. The number of cyclic esters (lactones) is 1. The molecule has 1 N–H and O–H groups in total. The highest BCUT2D eigenvalue weighted by atomic mass is 32.1. The van der Waals surface area contributed by atoms with Crippen LogP contribution in [0.4, 0.5) is 0 Å². The lowest BCUT2D eigenvalue weighted by atomic mass is 9.84. The Bertz CT molecular complexity index is 1480. The van der Waals surface area contributed by atoms with Crippen LogP contribution in [0, 0.1) is 0 Å². The topological polar surface area (TPSA) is 81.5 Å². The number of rotatable bonds is 6. The fourth-order valence-corrected chi connectivity index (χ4v) is 5.09. The summed E-state index contributed by atoms with van der Waals surface area (Å²) in [6.45, 7) is 10.4. The van der Waals surface area contributed by atoms with Crippen molar-refractivity contribution >= 4 is 34.3 Å². The number of fused-ring (bicyclic) bond motifs is 1. The summed E-state index contributed by atoms with van der Waals surface area (Å²) in [5.41, 5.74) is 5.59. The maximum Gasteiger partial charge on any atom is 0.342 e. The van der Waals surface area contributed by atoms with Gasteiger partial charge in [0.15, 0.2) is 0 Å². The van der Waals surface area contributed by atoms with E-state index in [1.54, 1.807) is 24.3 Å². The van der Waals surface area contributed by atoms with E-state index in [0.717, 1.165) is 22.8 Å². The molecule has 0 bridgehead atoms. The zero-order chi connectivity index (χ0) is 26.4. The minimum atomic E-state index is -1.92. The summed E-state index contributed by atoms with van der Waals surface area (Å²) < 4.78 is 20.1. The average molecular weight is 515 g/mol. The predicted molar refractivity (Wildman–Crippen MR) is 145 cm³/mol. The number of carbonyl (C=O) groups is 1. The first-order valence-electron chi connectivity index (χ1n) is 12.3. The van der Waals surface area contributed by atoms with Crippen molar-refractivity contribution in [2.75, 3.05) is 0 Å². The number of hydrogen-bond donors (Lipinski definition) is 1. The zero-order valence-electron chi connectivity index (χ0n) is 21.6. The lowest BCUT2D eigenvalue weighted by Crippen LogP contribution is -2.29. The van der Waals surface area contributed by atoms with E-state index in [9.17, 15) is 9.90 Å². The molecule has 3 aromatic carbocycles. The van der Waals surface area contributed by atoms with Crippen molar-refractivity contribution in [1.29, 1.82) is 0 Å². The second-order valence-electron chi connectivity index (χ2n) is 10.7. The van der Waals surface area contributed by atoms with Crippen LogP contribution >= 0.6 is 11.7 Å². The zero-order valence-corrected chi connectivity index (χ0v) is 22.4. The van der Waals surface area contributed by atoms with E-state index in [1.165, 1.54) is 5.56 Å². The van der Waals surface area contributed by atoms with Gasteiger partial charge in [0, 0.05) is 17.6 Å². The van der Waals surface area contributed by atoms with Crippen molar-refractivity contribution < 1.29 is 19.4 Å². The quantitative estimate of drug-likeness (QED) is 0.310. The van der Waals surface area contributed by atoms with E-state index in [4.69, 9.17) is 9.47 Å². The summed E-state index contributed by atoms with van der Waals surface area (Å²) in [7, 11) is 0. The molecular weight excluding hydrogens is 484 g/mol. The Morgan fingerprint density at radius 1 is 0.973 bits per heavy atom. The lowest BCUT2D eigenvalue weighted by Gasteiger charge is -2.26. The Morgan fingerprint density at radius 3 is 2.30 bits per heavy atom. The average Bonchev–Trinajstić information content (AvgIpc) is 3.40. The maximum atomic E-state index is 13.3. The Labute approximate surface area is 220 Å². The highest BCUT2D eigenvalue weighted by Crippen LogP contribution is 2.45. The Hall–Kier alpha value is -3.55. The van der Waals surface area contributed by atoms with Gasteiger partial charge >= 0.3 is 5.97 Å². The number of hydrogen-bond acceptors (Lipinski definition) is 7. The minimum Gasteiger partial charge on any atom is -0.491 e. The van der Waals surface area contributed by atoms with Gasteiger partial charge in [-0.25, -0.2) is 4.79 Å². The fraction of sp³-hybridized carbons (Fsp3) is 0.300. The highest BCUT2D eigenvalue weighted by Gasteiger charge is 2.48. The van der Waals surface area contributed by atoms with Gasteiger partial charge in [0.05, 0.1) is 23.4 Å². The van der Waals surface area contributed by atoms with Gasteiger partial charge in [-0.3, -0.25) is 0 Å². The summed E-state index contributed by atoms with van der Waals surface area (Å²) in [4.78, 5) is 13.3. The van der Waals surface area contributed by atoms with Gasteiger partial charge in [0.25, 0.3) is 5.79 Å². The molecule has 0 fully saturated rings. The van der Waals surface area contributed by atoms with Crippen LogP contribution in [0.3, 0.4) is 0 Å². The van der Waals surface area contributed by atoms with Crippen molar-refractivity contribution in [2.24, 2.45) is 0 Å². The first-order chi connectivity index (χ1) is 17.5. The van der Waals surface area contributed by atoms with Crippen LogP contribution in [-0.4, -0.2) is 25.9 Å². The molecule has 7 heteroatoms. The highest BCUT2D eigenvalue weighted by molar-refractivity contribution is 7.00. The molecule has 0 saturated heterocycles. The van der Waals surface area contributed by atoms with Crippen LogP contribution in [-0.2, 0) is 27.2 Å². The van der Waals surface area contributed by atoms with E-state index in [1.807, 2.05) is 44.2 Å². The van der Waals surface area contributed by atoms with Crippen LogP contribution in [0.5, 0.6) is 5.75 Å². The lowest BCUT2D eigenvalue weighted by molar-refractivity contribution is -0.185. The van der Waals surface area contributed by atoms with Crippen LogP contribution in [0.2, 0.25) is 0 Å². The Kier molecular flexibility index (Phi) is 6.38. The molecule has 1 aliphatic rings. The van der Waals surface area contributed by atoms with Crippen LogP contribution in [0.15, 0.2) is 72.3 Å². The largest absolute Gasteiger partial charge is 0.491 e. The summed E-state index contributed by atoms with van der Waals surface area (Å²) in [6.07, 6.45) is 0.353. The molecular formula is C30H30N2O4S. The number of aromatic nitrogens is 2. The number of aliphatic hydroxyl groups is 1. The number of benzene rings is 3. The molecule has 1 aromatic heterocycles. The molecule has 37 heavy (non-hydrogen) atoms. The molecule has 0 amide bonds. The first-order valence-corrected chi connectivity index (χ1v) is 13.1. The van der Waals surface area contributed by atoms with Crippen LogP contribution in [0.1, 0.15) is 56.9 Å². The van der Waals surface area contributed by atoms with Crippen molar-refractivity contribution in [3.8, 4) is 5.75 Å². The first kappa shape index (κ1) is 25.1. The van der Waals surface area contributed by atoms with Gasteiger partial charge in [0.1, 0.15) is 16.8 Å². The van der Waals surface area contributed by atoms with Gasteiger partial charge in [-0.2, -0.15) is 8.75 Å². The third kappa shape index (κ3) is 4.89. The van der Waals surface area contributed by atoms with Gasteiger partial charge in [-0.15, -0.1) is 0 Å². The molecule has 0 spiro atoms. The molecule has 0 saturated carbocycles. The van der Waals surface area contributed by atoms with Crippen LogP contribution < -0.4 is 4.74 Å². The smallest absolute Gasteiger partial charge is 0.342 e. The van der Waals surface area contributed by atoms with E-state index < -0.39 is 11.8 Å². The summed E-state index contributed by atoms with van der Waals surface area (Å²) in [5.74, 6) is -1.81.